The number of carbonyl (C=O) groups excluding carboxylic acids is 1. The van der Waals surface area contributed by atoms with E-state index in [9.17, 15) is 4.79 Å². The molecule has 28 heavy (non-hydrogen) atoms. The largest absolute Gasteiger partial charge is 0.484 e. The smallest absolute Gasteiger partial charge is 0.260 e. The lowest BCUT2D eigenvalue weighted by molar-refractivity contribution is -0.135. The second kappa shape index (κ2) is 8.56. The van der Waals surface area contributed by atoms with Crippen LogP contribution in [-0.2, 0) is 11.2 Å². The molecule has 1 fully saturated rings. The molecule has 1 saturated heterocycles. The Morgan fingerprint density at radius 1 is 1.36 bits per heavy atom. The van der Waals surface area contributed by atoms with Crippen LogP contribution < -0.4 is 4.74 Å². The van der Waals surface area contributed by atoms with Gasteiger partial charge in [-0.05, 0) is 48.8 Å². The molecule has 0 N–H and O–H groups in total. The Labute approximate surface area is 168 Å². The summed E-state index contributed by atoms with van der Waals surface area (Å²) in [6.07, 6.45) is 2.73. The molecule has 3 heterocycles. The molecule has 2 aromatic heterocycles. The van der Waals surface area contributed by atoms with Crippen LogP contribution in [0.25, 0.3) is 11.4 Å². The number of likely N-dealkylation sites (tertiary alicyclic amines) is 1. The van der Waals surface area contributed by atoms with Crippen molar-refractivity contribution in [2.45, 2.75) is 26.2 Å². The number of hydrogen-bond donors (Lipinski definition) is 0. The zero-order valence-electron chi connectivity index (χ0n) is 15.8. The minimum atomic E-state index is 0.0254. The molecule has 1 atom stereocenters. The fourth-order valence-corrected chi connectivity index (χ4v) is 4.14. The van der Waals surface area contributed by atoms with Crippen LogP contribution in [0.3, 0.4) is 0 Å². The van der Waals surface area contributed by atoms with Gasteiger partial charge in [-0.25, -0.2) is 0 Å². The molecule has 7 heteroatoms. The van der Waals surface area contributed by atoms with Crippen molar-refractivity contribution in [1.29, 1.82) is 0 Å². The molecule has 0 saturated carbocycles. The fourth-order valence-electron chi connectivity index (χ4n) is 3.50. The van der Waals surface area contributed by atoms with Crippen LogP contribution in [0, 0.1) is 12.8 Å². The van der Waals surface area contributed by atoms with Gasteiger partial charge in [-0.3, -0.25) is 4.79 Å². The number of hydrogen-bond acceptors (Lipinski definition) is 6. The highest BCUT2D eigenvalue weighted by Crippen LogP contribution is 2.23. The van der Waals surface area contributed by atoms with E-state index in [1.807, 2.05) is 52.9 Å². The number of benzene rings is 1. The maximum Gasteiger partial charge on any atom is 0.260 e. The van der Waals surface area contributed by atoms with Crippen molar-refractivity contribution in [3.63, 3.8) is 0 Å². The van der Waals surface area contributed by atoms with E-state index in [1.54, 1.807) is 11.3 Å². The van der Waals surface area contributed by atoms with E-state index in [-0.39, 0.29) is 12.5 Å². The summed E-state index contributed by atoms with van der Waals surface area (Å²) in [5, 5.41) is 8.07. The summed E-state index contributed by atoms with van der Waals surface area (Å²) in [6, 6.07) is 9.72. The van der Waals surface area contributed by atoms with Crippen LogP contribution in [-0.4, -0.2) is 40.6 Å². The SMILES string of the molecule is Cc1ccccc1OCC(=O)N1CCC[C@@H](Cc2nc(-c3ccsc3)no2)C1. The van der Waals surface area contributed by atoms with Crippen molar-refractivity contribution in [3.05, 3.63) is 52.5 Å². The molecule has 146 valence electrons. The molecule has 6 nitrogen and oxygen atoms in total. The minimum Gasteiger partial charge on any atom is -0.484 e. The summed E-state index contributed by atoms with van der Waals surface area (Å²) >= 11 is 1.61. The van der Waals surface area contributed by atoms with Crippen LogP contribution in [0.15, 0.2) is 45.6 Å². The molecule has 0 spiro atoms. The summed E-state index contributed by atoms with van der Waals surface area (Å²) in [7, 11) is 0. The van der Waals surface area contributed by atoms with Gasteiger partial charge in [-0.2, -0.15) is 16.3 Å². The van der Waals surface area contributed by atoms with Gasteiger partial charge in [0.25, 0.3) is 5.91 Å². The van der Waals surface area contributed by atoms with Gasteiger partial charge in [0, 0.05) is 30.5 Å². The normalized spacial score (nSPS) is 16.9. The highest BCUT2D eigenvalue weighted by Gasteiger charge is 2.26. The Kier molecular flexibility index (Phi) is 5.71. The first-order valence-corrected chi connectivity index (χ1v) is 10.4. The summed E-state index contributed by atoms with van der Waals surface area (Å²) in [5.41, 5.74) is 2.01. The molecule has 1 aliphatic heterocycles. The van der Waals surface area contributed by atoms with Crippen molar-refractivity contribution in [3.8, 4) is 17.1 Å². The Bertz CT molecular complexity index is 923. The van der Waals surface area contributed by atoms with Crippen molar-refractivity contribution < 1.29 is 14.1 Å². The Balaban J connectivity index is 1.31. The average molecular weight is 398 g/mol. The summed E-state index contributed by atoms with van der Waals surface area (Å²) in [6.45, 7) is 3.52. The van der Waals surface area contributed by atoms with Gasteiger partial charge in [-0.15, -0.1) is 0 Å². The lowest BCUT2D eigenvalue weighted by atomic mass is 9.95. The Morgan fingerprint density at radius 3 is 3.07 bits per heavy atom. The quantitative estimate of drug-likeness (QED) is 0.630. The molecule has 0 radical (unpaired) electrons. The van der Waals surface area contributed by atoms with Crippen molar-refractivity contribution >= 4 is 17.2 Å². The number of carbonyl (C=O) groups is 1. The number of piperidine rings is 1. The highest BCUT2D eigenvalue weighted by molar-refractivity contribution is 7.08. The van der Waals surface area contributed by atoms with E-state index in [4.69, 9.17) is 9.26 Å². The van der Waals surface area contributed by atoms with Gasteiger partial charge in [0.05, 0.1) is 0 Å². The average Bonchev–Trinajstić information content (AvgIpc) is 3.39. The molecular weight excluding hydrogens is 374 g/mol. The van der Waals surface area contributed by atoms with Crippen LogP contribution in [0.2, 0.25) is 0 Å². The van der Waals surface area contributed by atoms with E-state index < -0.39 is 0 Å². The van der Waals surface area contributed by atoms with Gasteiger partial charge < -0.3 is 14.2 Å². The van der Waals surface area contributed by atoms with Gasteiger partial charge in [0.15, 0.2) is 6.61 Å². The highest BCUT2D eigenvalue weighted by atomic mass is 32.1. The Hall–Kier alpha value is -2.67. The number of nitrogens with zero attached hydrogens (tertiary/aromatic N) is 3. The van der Waals surface area contributed by atoms with Gasteiger partial charge in [0.2, 0.25) is 11.7 Å². The molecule has 1 aromatic carbocycles. The maximum absolute atomic E-state index is 12.6. The molecular formula is C21H23N3O3S. The van der Waals surface area contributed by atoms with Crippen molar-refractivity contribution in [1.82, 2.24) is 15.0 Å². The Morgan fingerprint density at radius 2 is 2.25 bits per heavy atom. The summed E-state index contributed by atoms with van der Waals surface area (Å²) in [4.78, 5) is 19.0. The lowest BCUT2D eigenvalue weighted by Gasteiger charge is -2.32. The number of aromatic nitrogens is 2. The van der Waals surface area contributed by atoms with Crippen molar-refractivity contribution in [2.75, 3.05) is 19.7 Å². The molecule has 1 aliphatic rings. The van der Waals surface area contributed by atoms with Crippen molar-refractivity contribution in [2.24, 2.45) is 5.92 Å². The van der Waals surface area contributed by atoms with Gasteiger partial charge >= 0.3 is 0 Å². The third-order valence-electron chi connectivity index (χ3n) is 5.03. The molecule has 0 unspecified atom stereocenters. The third-order valence-corrected chi connectivity index (χ3v) is 5.71. The number of para-hydroxylation sites is 1. The molecule has 3 aromatic rings. The van der Waals surface area contributed by atoms with Gasteiger partial charge in [-0.1, -0.05) is 23.4 Å². The predicted molar refractivity (Wildman–Crippen MR) is 107 cm³/mol. The molecule has 0 bridgehead atoms. The zero-order chi connectivity index (χ0) is 19.3. The minimum absolute atomic E-state index is 0.0254. The standard InChI is InChI=1S/C21H23N3O3S/c1-15-5-2-3-7-18(15)26-13-20(25)24-9-4-6-16(12-24)11-19-22-21(23-27-19)17-8-10-28-14-17/h2-3,5,7-8,10,14,16H,4,6,9,11-13H2,1H3/t16-/m0/s1. The first-order valence-electron chi connectivity index (χ1n) is 9.50. The third kappa shape index (κ3) is 4.42. The number of ether oxygens (including phenoxy) is 1. The topological polar surface area (TPSA) is 68.5 Å². The summed E-state index contributed by atoms with van der Waals surface area (Å²) in [5.74, 6) is 2.38. The zero-order valence-corrected chi connectivity index (χ0v) is 16.7. The summed E-state index contributed by atoms with van der Waals surface area (Å²) < 4.78 is 11.1. The molecule has 0 aliphatic carbocycles. The second-order valence-electron chi connectivity index (χ2n) is 7.13. The number of thiophene rings is 1. The van der Waals surface area contributed by atoms with Crippen LogP contribution in [0.4, 0.5) is 0 Å². The maximum atomic E-state index is 12.6. The second-order valence-corrected chi connectivity index (χ2v) is 7.91. The van der Waals surface area contributed by atoms with Gasteiger partial charge in [0.1, 0.15) is 5.75 Å². The number of rotatable bonds is 6. The van der Waals surface area contributed by atoms with E-state index in [0.29, 0.717) is 30.6 Å². The number of amides is 1. The molecule has 4 rings (SSSR count). The van der Waals surface area contributed by atoms with Crippen LogP contribution in [0.1, 0.15) is 24.3 Å². The number of aryl methyl sites for hydroxylation is 1. The van der Waals surface area contributed by atoms with Crippen LogP contribution >= 0.6 is 11.3 Å². The molecule has 1 amide bonds. The van der Waals surface area contributed by atoms with Crippen LogP contribution in [0.5, 0.6) is 5.75 Å². The first kappa shape index (κ1) is 18.7. The first-order chi connectivity index (χ1) is 13.7. The lowest BCUT2D eigenvalue weighted by Crippen LogP contribution is -2.42. The fraction of sp³-hybridized carbons (Fsp3) is 0.381. The van der Waals surface area contributed by atoms with E-state index in [1.165, 1.54) is 0 Å². The van der Waals surface area contributed by atoms with E-state index >= 15 is 0 Å². The monoisotopic (exact) mass is 397 g/mol. The van der Waals surface area contributed by atoms with E-state index in [2.05, 4.69) is 10.1 Å². The predicted octanol–water partition coefficient (Wildman–Crippen LogP) is 3.97. The van der Waals surface area contributed by atoms with E-state index in [0.717, 1.165) is 36.3 Å².